The third kappa shape index (κ3) is 6.60. The lowest BCUT2D eigenvalue weighted by molar-refractivity contribution is -0.131. The maximum atomic E-state index is 12.5. The molecule has 0 bridgehead atoms. The summed E-state index contributed by atoms with van der Waals surface area (Å²) < 4.78 is 5.77. The lowest BCUT2D eigenvalue weighted by atomic mass is 10.2. The van der Waals surface area contributed by atoms with E-state index in [1.165, 1.54) is 17.2 Å². The van der Waals surface area contributed by atoms with Crippen LogP contribution in [-0.4, -0.2) is 41.8 Å². The molecule has 2 aromatic carbocycles. The van der Waals surface area contributed by atoms with Crippen LogP contribution < -0.4 is 15.4 Å². The zero-order valence-corrected chi connectivity index (χ0v) is 19.1. The molecule has 9 heteroatoms. The number of aromatic nitrogens is 1. The Hall–Kier alpha value is -3.29. The molecule has 0 aliphatic heterocycles. The highest BCUT2D eigenvalue weighted by atomic mass is 35.5. The predicted molar refractivity (Wildman–Crippen MR) is 127 cm³/mol. The third-order valence-electron chi connectivity index (χ3n) is 4.44. The number of pyridine rings is 1. The number of hydrogen-bond donors (Lipinski definition) is 2. The molecule has 0 aliphatic carbocycles. The molecular formula is C23H22Cl2N4O3. The number of halogens is 2. The van der Waals surface area contributed by atoms with Crippen molar-refractivity contribution in [3.05, 3.63) is 76.4 Å². The van der Waals surface area contributed by atoms with Gasteiger partial charge in [0.1, 0.15) is 5.02 Å². The second-order valence-corrected chi connectivity index (χ2v) is 7.90. The molecule has 1 aromatic heterocycles. The molecule has 3 rings (SSSR count). The molecule has 0 fully saturated rings. The molecule has 2 amide bonds. The number of carbonyl (C=O) groups is 2. The molecule has 0 aliphatic rings. The lowest BCUT2D eigenvalue weighted by Crippen LogP contribution is -2.38. The van der Waals surface area contributed by atoms with E-state index >= 15 is 0 Å². The smallest absolute Gasteiger partial charge is 0.243 e. The summed E-state index contributed by atoms with van der Waals surface area (Å²) in [5.74, 6) is 0.0942. The van der Waals surface area contributed by atoms with Crippen LogP contribution >= 0.6 is 23.2 Å². The molecule has 0 unspecified atom stereocenters. The number of benzene rings is 2. The highest BCUT2D eigenvalue weighted by Gasteiger charge is 2.15. The van der Waals surface area contributed by atoms with Crippen molar-refractivity contribution in [3.8, 4) is 11.6 Å². The van der Waals surface area contributed by atoms with Crippen molar-refractivity contribution in [2.45, 2.75) is 6.92 Å². The summed E-state index contributed by atoms with van der Waals surface area (Å²) in [6, 6.07) is 16.0. The van der Waals surface area contributed by atoms with E-state index in [1.807, 2.05) is 31.2 Å². The van der Waals surface area contributed by atoms with Gasteiger partial charge in [0, 0.05) is 18.9 Å². The minimum atomic E-state index is -0.281. The number of aryl methyl sites for hydroxylation is 1. The van der Waals surface area contributed by atoms with Crippen LogP contribution in [0.5, 0.6) is 11.6 Å². The van der Waals surface area contributed by atoms with Crippen molar-refractivity contribution in [3.63, 3.8) is 0 Å². The van der Waals surface area contributed by atoms with E-state index in [1.54, 1.807) is 31.3 Å². The second-order valence-electron chi connectivity index (χ2n) is 7.06. The van der Waals surface area contributed by atoms with Gasteiger partial charge in [-0.25, -0.2) is 4.98 Å². The first-order valence-corrected chi connectivity index (χ1v) is 10.5. The third-order valence-corrected chi connectivity index (χ3v) is 4.92. The van der Waals surface area contributed by atoms with Gasteiger partial charge in [0.2, 0.25) is 17.7 Å². The topological polar surface area (TPSA) is 83.6 Å². The van der Waals surface area contributed by atoms with Gasteiger partial charge in [0.25, 0.3) is 0 Å². The minimum absolute atomic E-state index is 0.0313. The number of hydrogen-bond acceptors (Lipinski definition) is 5. The number of rotatable bonds is 8. The van der Waals surface area contributed by atoms with Crippen LogP contribution in [0.1, 0.15) is 5.56 Å². The SMILES string of the molecule is Cc1ccc(NC(=O)CN(C)C(=O)CNc2ccccc2Oc2ncc(Cl)cc2Cl)cc1. The Bertz CT molecular complexity index is 1110. The molecule has 2 N–H and O–H groups in total. The zero-order chi connectivity index (χ0) is 23.1. The van der Waals surface area contributed by atoms with Gasteiger partial charge in [-0.05, 0) is 37.3 Å². The Morgan fingerprint density at radius 3 is 2.53 bits per heavy atom. The Morgan fingerprint density at radius 2 is 1.81 bits per heavy atom. The molecular weight excluding hydrogens is 451 g/mol. The molecule has 32 heavy (non-hydrogen) atoms. The Labute approximate surface area is 196 Å². The number of amides is 2. The minimum Gasteiger partial charge on any atom is -0.435 e. The quantitative estimate of drug-likeness (QED) is 0.481. The van der Waals surface area contributed by atoms with Crippen LogP contribution in [0, 0.1) is 6.92 Å². The first-order valence-electron chi connectivity index (χ1n) is 9.74. The van der Waals surface area contributed by atoms with Crippen molar-refractivity contribution in [2.75, 3.05) is 30.8 Å². The summed E-state index contributed by atoms with van der Waals surface area (Å²) in [4.78, 5) is 30.2. The van der Waals surface area contributed by atoms with E-state index < -0.39 is 0 Å². The first kappa shape index (κ1) is 23.4. The average molecular weight is 473 g/mol. The van der Waals surface area contributed by atoms with Crippen molar-refractivity contribution in [1.29, 1.82) is 0 Å². The van der Waals surface area contributed by atoms with Gasteiger partial charge >= 0.3 is 0 Å². The number of anilines is 2. The lowest BCUT2D eigenvalue weighted by Gasteiger charge is -2.18. The standard InChI is InChI=1S/C23H22Cl2N4O3/c1-15-7-9-17(10-8-15)28-21(30)14-29(2)22(31)13-26-19-5-3-4-6-20(19)32-23-18(25)11-16(24)12-27-23/h3-12,26H,13-14H2,1-2H3,(H,28,30). The number of para-hydroxylation sites is 2. The number of ether oxygens (including phenoxy) is 1. The largest absolute Gasteiger partial charge is 0.435 e. The van der Waals surface area contributed by atoms with E-state index in [9.17, 15) is 9.59 Å². The van der Waals surface area contributed by atoms with E-state index in [-0.39, 0.29) is 35.8 Å². The fraction of sp³-hybridized carbons (Fsp3) is 0.174. The van der Waals surface area contributed by atoms with Gasteiger partial charge in [-0.2, -0.15) is 0 Å². The van der Waals surface area contributed by atoms with Crippen LogP contribution in [-0.2, 0) is 9.59 Å². The summed E-state index contributed by atoms with van der Waals surface area (Å²) >= 11 is 12.0. The van der Waals surface area contributed by atoms with Crippen LogP contribution in [0.15, 0.2) is 60.8 Å². The fourth-order valence-electron chi connectivity index (χ4n) is 2.73. The normalized spacial score (nSPS) is 10.4. The molecule has 166 valence electrons. The van der Waals surface area contributed by atoms with E-state index in [0.29, 0.717) is 22.1 Å². The monoisotopic (exact) mass is 472 g/mol. The number of nitrogens with one attached hydrogen (secondary N) is 2. The van der Waals surface area contributed by atoms with E-state index in [0.717, 1.165) is 5.56 Å². The van der Waals surface area contributed by atoms with Crippen molar-refractivity contribution in [2.24, 2.45) is 0 Å². The van der Waals surface area contributed by atoms with Crippen LogP contribution in [0.4, 0.5) is 11.4 Å². The number of nitrogens with zero attached hydrogens (tertiary/aromatic N) is 2. The summed E-state index contributed by atoms with van der Waals surface area (Å²) in [5, 5.41) is 6.47. The van der Waals surface area contributed by atoms with Crippen LogP contribution in [0.2, 0.25) is 10.0 Å². The molecule has 7 nitrogen and oxygen atoms in total. The van der Waals surface area contributed by atoms with Crippen LogP contribution in [0.25, 0.3) is 0 Å². The average Bonchev–Trinajstić information content (AvgIpc) is 2.76. The van der Waals surface area contributed by atoms with Gasteiger partial charge in [0.15, 0.2) is 5.75 Å². The number of carbonyl (C=O) groups excluding carboxylic acids is 2. The van der Waals surface area contributed by atoms with Crippen molar-refractivity contribution < 1.29 is 14.3 Å². The predicted octanol–water partition coefficient (Wildman–Crippen LogP) is 5.00. The van der Waals surface area contributed by atoms with E-state index in [2.05, 4.69) is 15.6 Å². The van der Waals surface area contributed by atoms with Crippen molar-refractivity contribution in [1.82, 2.24) is 9.88 Å². The number of likely N-dealkylation sites (N-methyl/N-ethyl adjacent to an activating group) is 1. The van der Waals surface area contributed by atoms with Gasteiger partial charge in [0.05, 0.1) is 23.8 Å². The van der Waals surface area contributed by atoms with Crippen molar-refractivity contribution >= 4 is 46.4 Å². The molecule has 0 saturated carbocycles. The second kappa shape index (κ2) is 10.8. The molecule has 1 heterocycles. The van der Waals surface area contributed by atoms with Crippen LogP contribution in [0.3, 0.4) is 0 Å². The fourth-order valence-corrected chi connectivity index (χ4v) is 3.15. The highest BCUT2D eigenvalue weighted by Crippen LogP contribution is 2.33. The summed E-state index contributed by atoms with van der Waals surface area (Å²) in [7, 11) is 1.57. The summed E-state index contributed by atoms with van der Waals surface area (Å²) in [6.07, 6.45) is 1.43. The summed E-state index contributed by atoms with van der Waals surface area (Å²) in [5.41, 5.74) is 2.35. The van der Waals surface area contributed by atoms with Gasteiger partial charge in [-0.1, -0.05) is 53.0 Å². The molecule has 0 saturated heterocycles. The zero-order valence-electron chi connectivity index (χ0n) is 17.6. The maximum Gasteiger partial charge on any atom is 0.243 e. The van der Waals surface area contributed by atoms with Gasteiger partial charge < -0.3 is 20.3 Å². The molecule has 0 radical (unpaired) electrons. The van der Waals surface area contributed by atoms with Gasteiger partial charge in [-0.3, -0.25) is 9.59 Å². The molecule has 0 spiro atoms. The van der Waals surface area contributed by atoms with Gasteiger partial charge in [-0.15, -0.1) is 0 Å². The van der Waals surface area contributed by atoms with E-state index in [4.69, 9.17) is 27.9 Å². The summed E-state index contributed by atoms with van der Waals surface area (Å²) in [6.45, 7) is 1.86. The Morgan fingerprint density at radius 1 is 1.09 bits per heavy atom. The Balaban J connectivity index is 1.56. The molecule has 3 aromatic rings. The molecule has 0 atom stereocenters. The Kier molecular flexibility index (Phi) is 7.92. The maximum absolute atomic E-state index is 12.5. The first-order chi connectivity index (χ1) is 15.3. The highest BCUT2D eigenvalue weighted by molar-refractivity contribution is 6.35.